The first-order valence-electron chi connectivity index (χ1n) is 4.81. The lowest BCUT2D eigenvalue weighted by Gasteiger charge is -2.14. The van der Waals surface area contributed by atoms with Crippen molar-refractivity contribution in [3.63, 3.8) is 0 Å². The molecular weight excluding hydrogens is 212 g/mol. The Morgan fingerprint density at radius 1 is 1.19 bits per heavy atom. The molecular formula is C10H18N2O4. The number of rotatable bonds is 4. The van der Waals surface area contributed by atoms with Gasteiger partial charge < -0.3 is 15.7 Å². The van der Waals surface area contributed by atoms with Crippen molar-refractivity contribution in [3.05, 3.63) is 12.2 Å². The normalized spacial score (nSPS) is 9.19. The molecule has 6 nitrogen and oxygen atoms in total. The highest BCUT2D eigenvalue weighted by molar-refractivity contribution is 5.92. The molecule has 3 N–H and O–H groups in total. The van der Waals surface area contributed by atoms with E-state index in [4.69, 9.17) is 5.11 Å². The number of amides is 2. The summed E-state index contributed by atoms with van der Waals surface area (Å²) < 4.78 is 0. The van der Waals surface area contributed by atoms with Crippen molar-refractivity contribution >= 4 is 17.8 Å². The van der Waals surface area contributed by atoms with Gasteiger partial charge in [0.15, 0.2) is 0 Å². The van der Waals surface area contributed by atoms with Crippen LogP contribution in [0.25, 0.3) is 0 Å². The second-order valence-corrected chi connectivity index (χ2v) is 2.77. The molecule has 0 aliphatic heterocycles. The monoisotopic (exact) mass is 230 g/mol. The summed E-state index contributed by atoms with van der Waals surface area (Å²) in [5.74, 6) is -1.77. The maximum atomic E-state index is 10.5. The van der Waals surface area contributed by atoms with Crippen LogP contribution in [0, 0.1) is 0 Å². The Labute approximate surface area is 94.7 Å². The lowest BCUT2D eigenvalue weighted by Crippen LogP contribution is -2.27. The molecule has 0 atom stereocenters. The van der Waals surface area contributed by atoms with Crippen molar-refractivity contribution in [2.45, 2.75) is 20.8 Å². The first-order valence-corrected chi connectivity index (χ1v) is 4.81. The summed E-state index contributed by atoms with van der Waals surface area (Å²) in [6.07, 6.45) is 1.46. The van der Waals surface area contributed by atoms with Crippen LogP contribution in [-0.2, 0) is 14.4 Å². The second-order valence-electron chi connectivity index (χ2n) is 2.77. The molecule has 0 aliphatic carbocycles. The van der Waals surface area contributed by atoms with E-state index in [1.807, 2.05) is 13.8 Å². The van der Waals surface area contributed by atoms with E-state index >= 15 is 0 Å². The van der Waals surface area contributed by atoms with E-state index < -0.39 is 11.9 Å². The molecule has 0 rings (SSSR count). The number of carbonyl (C=O) groups excluding carboxylic acids is 2. The molecule has 0 radical (unpaired) electrons. The van der Waals surface area contributed by atoms with E-state index in [2.05, 4.69) is 5.73 Å². The molecule has 92 valence electrons. The smallest absolute Gasteiger partial charge is 0.328 e. The number of carboxylic acid groups (broad SMARTS) is 1. The third-order valence-electron chi connectivity index (χ3n) is 1.60. The first kappa shape index (κ1) is 16.6. The Morgan fingerprint density at radius 2 is 1.62 bits per heavy atom. The molecule has 0 aromatic rings. The van der Waals surface area contributed by atoms with Crippen molar-refractivity contribution in [1.29, 1.82) is 0 Å². The average molecular weight is 230 g/mol. The molecule has 2 amide bonds. The molecule has 0 heterocycles. The van der Waals surface area contributed by atoms with Gasteiger partial charge in [-0.3, -0.25) is 9.59 Å². The molecule has 0 aromatic heterocycles. The number of hydrogen-bond acceptors (Lipinski definition) is 3. The van der Waals surface area contributed by atoms with Gasteiger partial charge >= 0.3 is 5.97 Å². The van der Waals surface area contributed by atoms with Crippen LogP contribution in [0.3, 0.4) is 0 Å². The Bertz CT molecular complexity index is 254. The quantitative estimate of drug-likeness (QED) is 0.663. The fourth-order valence-corrected chi connectivity index (χ4v) is 0.822. The number of carbonyl (C=O) groups is 3. The zero-order valence-electron chi connectivity index (χ0n) is 9.77. The third kappa shape index (κ3) is 12.2. The zero-order valence-corrected chi connectivity index (χ0v) is 9.77. The first-order chi connectivity index (χ1) is 7.34. The topological polar surface area (TPSA) is 101 Å². The standard InChI is InChI=1S/C6H13NO.C4H5NO3/c1-4-7(5-2)6(3)8;5-3(6)1-2-4(7)8/h4-5H2,1-3H3;1-2H,(H2,5,6)(H,7,8)/b;2-1-. The predicted molar refractivity (Wildman–Crippen MR) is 59.6 cm³/mol. The van der Waals surface area contributed by atoms with Gasteiger partial charge in [-0.2, -0.15) is 0 Å². The van der Waals surface area contributed by atoms with E-state index in [1.165, 1.54) is 0 Å². The van der Waals surface area contributed by atoms with Crippen molar-refractivity contribution in [1.82, 2.24) is 4.90 Å². The summed E-state index contributed by atoms with van der Waals surface area (Å²) in [6, 6.07) is 0. The molecule has 0 unspecified atom stereocenters. The van der Waals surface area contributed by atoms with E-state index in [9.17, 15) is 14.4 Å². The SMILES string of the molecule is CCN(CC)C(C)=O.NC(=O)/C=C\C(=O)O. The molecule has 16 heavy (non-hydrogen) atoms. The summed E-state index contributed by atoms with van der Waals surface area (Å²) in [7, 11) is 0. The van der Waals surface area contributed by atoms with Crippen molar-refractivity contribution in [3.8, 4) is 0 Å². The van der Waals surface area contributed by atoms with Gasteiger partial charge in [-0.1, -0.05) is 0 Å². The maximum absolute atomic E-state index is 10.5. The van der Waals surface area contributed by atoms with E-state index in [1.54, 1.807) is 11.8 Å². The van der Waals surface area contributed by atoms with Crippen LogP contribution in [0.15, 0.2) is 12.2 Å². The molecule has 0 aromatic carbocycles. The predicted octanol–water partition coefficient (Wildman–Crippen LogP) is -0.0128. The molecule has 6 heteroatoms. The van der Waals surface area contributed by atoms with E-state index in [0.29, 0.717) is 6.08 Å². The summed E-state index contributed by atoms with van der Waals surface area (Å²) in [5, 5.41) is 7.87. The zero-order chi connectivity index (χ0) is 13.1. The third-order valence-corrected chi connectivity index (χ3v) is 1.60. The number of primary amides is 1. The minimum Gasteiger partial charge on any atom is -0.478 e. The summed E-state index contributed by atoms with van der Waals surface area (Å²) in [6.45, 7) is 7.19. The number of nitrogens with two attached hydrogens (primary N) is 1. The Kier molecular flexibility index (Phi) is 10.0. The molecule has 0 saturated carbocycles. The average Bonchev–Trinajstić information content (AvgIpc) is 2.17. The number of aliphatic carboxylic acids is 1. The number of carboxylic acids is 1. The van der Waals surface area contributed by atoms with Crippen molar-refractivity contribution < 1.29 is 19.5 Å². The van der Waals surface area contributed by atoms with E-state index in [-0.39, 0.29) is 5.91 Å². The fraction of sp³-hybridized carbons (Fsp3) is 0.500. The summed E-state index contributed by atoms with van der Waals surface area (Å²) in [5.41, 5.74) is 4.55. The van der Waals surface area contributed by atoms with Gasteiger partial charge in [0, 0.05) is 32.2 Å². The highest BCUT2D eigenvalue weighted by Crippen LogP contribution is 1.84. The lowest BCUT2D eigenvalue weighted by atomic mass is 10.5. The van der Waals surface area contributed by atoms with Crippen molar-refractivity contribution in [2.24, 2.45) is 5.73 Å². The van der Waals surface area contributed by atoms with Crippen LogP contribution in [0.2, 0.25) is 0 Å². The minimum absolute atomic E-state index is 0.162. The van der Waals surface area contributed by atoms with Gasteiger partial charge in [-0.15, -0.1) is 0 Å². The van der Waals surface area contributed by atoms with Crippen LogP contribution >= 0.6 is 0 Å². The highest BCUT2D eigenvalue weighted by Gasteiger charge is 1.99. The van der Waals surface area contributed by atoms with Crippen LogP contribution in [-0.4, -0.2) is 40.9 Å². The van der Waals surface area contributed by atoms with Crippen molar-refractivity contribution in [2.75, 3.05) is 13.1 Å². The Hall–Kier alpha value is -1.85. The Balaban J connectivity index is 0. The van der Waals surface area contributed by atoms with Gasteiger partial charge in [-0.05, 0) is 13.8 Å². The van der Waals surface area contributed by atoms with Gasteiger partial charge in [0.05, 0.1) is 0 Å². The van der Waals surface area contributed by atoms with Gasteiger partial charge in [0.2, 0.25) is 11.8 Å². The Morgan fingerprint density at radius 3 is 1.69 bits per heavy atom. The lowest BCUT2D eigenvalue weighted by molar-refractivity contribution is -0.131. The van der Waals surface area contributed by atoms with Gasteiger partial charge in [0.1, 0.15) is 0 Å². The molecule has 0 aliphatic rings. The van der Waals surface area contributed by atoms with E-state index in [0.717, 1.165) is 19.2 Å². The van der Waals surface area contributed by atoms with Crippen LogP contribution in [0.5, 0.6) is 0 Å². The molecule has 0 fully saturated rings. The fourth-order valence-electron chi connectivity index (χ4n) is 0.822. The van der Waals surface area contributed by atoms with Gasteiger partial charge in [-0.25, -0.2) is 4.79 Å². The number of hydrogen-bond donors (Lipinski definition) is 2. The molecule has 0 saturated heterocycles. The molecule has 0 bridgehead atoms. The summed E-state index contributed by atoms with van der Waals surface area (Å²) >= 11 is 0. The second kappa shape index (κ2) is 9.70. The molecule has 0 spiro atoms. The van der Waals surface area contributed by atoms with Crippen LogP contribution in [0.4, 0.5) is 0 Å². The largest absolute Gasteiger partial charge is 0.478 e. The summed E-state index contributed by atoms with van der Waals surface area (Å²) in [4.78, 5) is 31.7. The van der Waals surface area contributed by atoms with Gasteiger partial charge in [0.25, 0.3) is 0 Å². The number of nitrogens with zero attached hydrogens (tertiary/aromatic N) is 1. The highest BCUT2D eigenvalue weighted by atomic mass is 16.4. The van der Waals surface area contributed by atoms with Crippen LogP contribution in [0.1, 0.15) is 20.8 Å². The maximum Gasteiger partial charge on any atom is 0.328 e. The minimum atomic E-state index is -1.18. The van der Waals surface area contributed by atoms with Crippen LogP contribution < -0.4 is 5.73 Å².